The zero-order chi connectivity index (χ0) is 21.0. The van der Waals surface area contributed by atoms with Gasteiger partial charge in [-0.05, 0) is 12.1 Å². The van der Waals surface area contributed by atoms with Gasteiger partial charge in [0.2, 0.25) is 5.91 Å². The molecule has 0 unspecified atom stereocenters. The number of aromatic nitrogens is 3. The van der Waals surface area contributed by atoms with E-state index in [-0.39, 0.29) is 48.3 Å². The first-order chi connectivity index (χ1) is 13.7. The molecule has 6 nitrogen and oxygen atoms in total. The van der Waals surface area contributed by atoms with Gasteiger partial charge in [-0.2, -0.15) is 13.2 Å². The summed E-state index contributed by atoms with van der Waals surface area (Å²) in [6.45, 7) is -1.23. The lowest BCUT2D eigenvalue weighted by atomic mass is 10.2. The predicted octanol–water partition coefficient (Wildman–Crippen LogP) is 3.83. The Balaban J connectivity index is 1.56. The number of oxazole rings is 1. The van der Waals surface area contributed by atoms with E-state index in [9.17, 15) is 22.4 Å². The zero-order valence-corrected chi connectivity index (χ0v) is 15.5. The summed E-state index contributed by atoms with van der Waals surface area (Å²) in [6, 6.07) is 6.09. The van der Waals surface area contributed by atoms with Crippen molar-refractivity contribution in [2.45, 2.75) is 32.1 Å². The highest BCUT2D eigenvalue weighted by Crippen LogP contribution is 2.24. The molecule has 1 aromatic carbocycles. The van der Waals surface area contributed by atoms with Gasteiger partial charge in [0.15, 0.2) is 11.7 Å². The van der Waals surface area contributed by atoms with Crippen molar-refractivity contribution in [1.82, 2.24) is 19.4 Å². The minimum Gasteiger partial charge on any atom is -0.441 e. The Hall–Kier alpha value is -3.17. The van der Waals surface area contributed by atoms with Crippen molar-refractivity contribution in [3.63, 3.8) is 0 Å². The Labute approximate surface area is 163 Å². The Bertz CT molecular complexity index is 981. The van der Waals surface area contributed by atoms with E-state index in [1.54, 1.807) is 18.2 Å². The average Bonchev–Trinajstić information content (AvgIpc) is 3.28. The first-order valence-corrected chi connectivity index (χ1v) is 8.73. The van der Waals surface area contributed by atoms with Crippen molar-refractivity contribution in [2.75, 3.05) is 7.05 Å². The molecule has 29 heavy (non-hydrogen) atoms. The number of carbonyl (C=O) groups is 1. The van der Waals surface area contributed by atoms with Crippen LogP contribution in [0.4, 0.5) is 17.6 Å². The molecule has 0 spiro atoms. The summed E-state index contributed by atoms with van der Waals surface area (Å²) in [5.74, 6) is -0.0923. The number of halogens is 4. The van der Waals surface area contributed by atoms with Gasteiger partial charge in [0.05, 0.1) is 18.3 Å². The molecule has 0 saturated heterocycles. The molecule has 3 aromatic rings. The first kappa shape index (κ1) is 20.6. The van der Waals surface area contributed by atoms with E-state index in [2.05, 4.69) is 9.97 Å². The van der Waals surface area contributed by atoms with Crippen molar-refractivity contribution in [1.29, 1.82) is 0 Å². The van der Waals surface area contributed by atoms with Gasteiger partial charge < -0.3 is 13.9 Å². The number of carbonyl (C=O) groups excluding carboxylic acids is 1. The fourth-order valence-electron chi connectivity index (χ4n) is 2.75. The molecule has 10 heteroatoms. The summed E-state index contributed by atoms with van der Waals surface area (Å²) < 4.78 is 58.0. The molecule has 0 N–H and O–H groups in total. The van der Waals surface area contributed by atoms with Crippen LogP contribution in [-0.4, -0.2) is 38.6 Å². The van der Waals surface area contributed by atoms with Gasteiger partial charge in [0.25, 0.3) is 0 Å². The number of alkyl halides is 3. The Morgan fingerprint density at radius 3 is 2.72 bits per heavy atom. The molecule has 0 radical (unpaired) electrons. The average molecular weight is 410 g/mol. The summed E-state index contributed by atoms with van der Waals surface area (Å²) in [5, 5.41) is 0. The van der Waals surface area contributed by atoms with Gasteiger partial charge in [0.1, 0.15) is 18.2 Å². The Morgan fingerprint density at radius 2 is 2.00 bits per heavy atom. The van der Waals surface area contributed by atoms with Crippen LogP contribution in [0, 0.1) is 5.82 Å². The van der Waals surface area contributed by atoms with Crippen molar-refractivity contribution >= 4 is 5.91 Å². The fraction of sp³-hybridized carbons (Fsp3) is 0.316. The number of nitrogens with zero attached hydrogens (tertiary/aromatic N) is 4. The van der Waals surface area contributed by atoms with Gasteiger partial charge in [-0.25, -0.2) is 14.4 Å². The van der Waals surface area contributed by atoms with E-state index in [0.29, 0.717) is 0 Å². The van der Waals surface area contributed by atoms with Crippen molar-refractivity contribution in [2.24, 2.45) is 0 Å². The molecule has 1 amide bonds. The van der Waals surface area contributed by atoms with Crippen LogP contribution in [0.2, 0.25) is 0 Å². The standard InChI is InChI=1S/C19H18F4N4O2/c1-26(11-16-24-8-9-27(16)12-19(21,22)23)18(28)7-6-17-25-10-15(29-17)13-4-2-3-5-14(13)20/h2-5,8-10H,6-7,11-12H2,1H3. The van der Waals surface area contributed by atoms with Crippen LogP contribution in [0.5, 0.6) is 0 Å². The second kappa shape index (κ2) is 8.46. The molecule has 2 heterocycles. The lowest BCUT2D eigenvalue weighted by Gasteiger charge is -2.18. The second-order valence-electron chi connectivity index (χ2n) is 6.43. The second-order valence-corrected chi connectivity index (χ2v) is 6.43. The highest BCUT2D eigenvalue weighted by molar-refractivity contribution is 5.76. The zero-order valence-electron chi connectivity index (χ0n) is 15.5. The van der Waals surface area contributed by atoms with Gasteiger partial charge >= 0.3 is 6.18 Å². The minimum absolute atomic E-state index is 0.0354. The third-order valence-electron chi connectivity index (χ3n) is 4.20. The van der Waals surface area contributed by atoms with Crippen LogP contribution in [0.1, 0.15) is 18.1 Å². The molecule has 0 atom stereocenters. The van der Waals surface area contributed by atoms with E-state index in [0.717, 1.165) is 4.57 Å². The maximum Gasteiger partial charge on any atom is 0.406 e. The minimum atomic E-state index is -4.38. The van der Waals surface area contributed by atoms with E-state index in [1.165, 1.54) is 36.6 Å². The molecule has 0 fully saturated rings. The normalized spacial score (nSPS) is 11.6. The number of hydrogen-bond donors (Lipinski definition) is 0. The molecule has 0 aliphatic carbocycles. The molecule has 154 valence electrons. The molecule has 0 bridgehead atoms. The summed E-state index contributed by atoms with van der Waals surface area (Å²) in [5.41, 5.74) is 0.270. The van der Waals surface area contributed by atoms with Crippen LogP contribution in [0.15, 0.2) is 47.3 Å². The number of aryl methyl sites for hydroxylation is 1. The van der Waals surface area contributed by atoms with Crippen LogP contribution in [0.25, 0.3) is 11.3 Å². The smallest absolute Gasteiger partial charge is 0.406 e. The highest BCUT2D eigenvalue weighted by Gasteiger charge is 2.29. The first-order valence-electron chi connectivity index (χ1n) is 8.73. The lowest BCUT2D eigenvalue weighted by Crippen LogP contribution is -2.29. The van der Waals surface area contributed by atoms with Crippen LogP contribution in [0.3, 0.4) is 0 Å². The molecule has 2 aromatic heterocycles. The van der Waals surface area contributed by atoms with E-state index in [1.807, 2.05) is 0 Å². The predicted molar refractivity (Wildman–Crippen MR) is 95.0 cm³/mol. The van der Waals surface area contributed by atoms with Gasteiger partial charge in [-0.1, -0.05) is 12.1 Å². The van der Waals surface area contributed by atoms with Crippen LogP contribution < -0.4 is 0 Å². The van der Waals surface area contributed by atoms with Crippen molar-refractivity contribution in [3.05, 3.63) is 60.4 Å². The van der Waals surface area contributed by atoms with Gasteiger partial charge in [-0.3, -0.25) is 4.79 Å². The number of hydrogen-bond acceptors (Lipinski definition) is 4. The fourth-order valence-corrected chi connectivity index (χ4v) is 2.75. The molecule has 3 rings (SSSR count). The van der Waals surface area contributed by atoms with Gasteiger partial charge in [0, 0.05) is 32.3 Å². The monoisotopic (exact) mass is 410 g/mol. The SMILES string of the molecule is CN(Cc1nccn1CC(F)(F)F)C(=O)CCc1ncc(-c2ccccc2F)o1. The molecule has 0 saturated carbocycles. The van der Waals surface area contributed by atoms with E-state index >= 15 is 0 Å². The van der Waals surface area contributed by atoms with E-state index in [4.69, 9.17) is 4.42 Å². The lowest BCUT2D eigenvalue weighted by molar-refractivity contribution is -0.141. The quantitative estimate of drug-likeness (QED) is 0.556. The Kier molecular flexibility index (Phi) is 6.00. The molecular formula is C19H18F4N4O2. The van der Waals surface area contributed by atoms with Crippen LogP contribution >= 0.6 is 0 Å². The maximum absolute atomic E-state index is 13.8. The largest absolute Gasteiger partial charge is 0.441 e. The maximum atomic E-state index is 13.8. The third-order valence-corrected chi connectivity index (χ3v) is 4.20. The Morgan fingerprint density at radius 1 is 1.24 bits per heavy atom. The molecule has 0 aliphatic heterocycles. The number of imidazole rings is 1. The van der Waals surface area contributed by atoms with Crippen LogP contribution in [-0.2, 0) is 24.3 Å². The topological polar surface area (TPSA) is 64.2 Å². The number of rotatable bonds is 7. The third kappa shape index (κ3) is 5.43. The summed E-state index contributed by atoms with van der Waals surface area (Å²) in [6.07, 6.45) is -0.300. The summed E-state index contributed by atoms with van der Waals surface area (Å²) in [7, 11) is 1.48. The van der Waals surface area contributed by atoms with E-state index < -0.39 is 18.5 Å². The highest BCUT2D eigenvalue weighted by atomic mass is 19.4. The number of benzene rings is 1. The summed E-state index contributed by atoms with van der Waals surface area (Å²) >= 11 is 0. The van der Waals surface area contributed by atoms with Crippen molar-refractivity contribution in [3.8, 4) is 11.3 Å². The van der Waals surface area contributed by atoms with Crippen molar-refractivity contribution < 1.29 is 26.8 Å². The molecular weight excluding hydrogens is 392 g/mol. The molecule has 0 aliphatic rings. The van der Waals surface area contributed by atoms with Gasteiger partial charge in [-0.15, -0.1) is 0 Å². The summed E-state index contributed by atoms with van der Waals surface area (Å²) in [4.78, 5) is 21.5. The number of amides is 1.